The predicted molar refractivity (Wildman–Crippen MR) is 82.4 cm³/mol. The Morgan fingerprint density at radius 1 is 1.30 bits per heavy atom. The average molecular weight is 279 g/mol. The summed E-state index contributed by atoms with van der Waals surface area (Å²) in [6.07, 6.45) is 2.33. The highest BCUT2D eigenvalue weighted by molar-refractivity contribution is 5.96. The molecule has 112 valence electrons. The number of hydrogen-bond donors (Lipinski definition) is 2. The van der Waals surface area contributed by atoms with Crippen molar-refractivity contribution in [2.75, 3.05) is 13.1 Å². The standard InChI is InChI=1S/C16H26FN3/c1-4-12(5-2)10-20(6-3)11-13-7-8-14(17)9-15(13)16(18)19/h7-9,12H,4-6,10-11H2,1-3H3,(H3,18,19). The molecule has 1 aromatic carbocycles. The number of halogens is 1. The largest absolute Gasteiger partial charge is 0.384 e. The molecule has 0 atom stereocenters. The number of nitrogen functional groups attached to an aromatic ring is 1. The number of hydrogen-bond acceptors (Lipinski definition) is 2. The molecular formula is C16H26FN3. The van der Waals surface area contributed by atoms with E-state index in [0.717, 1.165) is 31.5 Å². The molecule has 0 fully saturated rings. The van der Waals surface area contributed by atoms with Gasteiger partial charge in [-0.05, 0) is 30.2 Å². The summed E-state index contributed by atoms with van der Waals surface area (Å²) >= 11 is 0. The van der Waals surface area contributed by atoms with Gasteiger partial charge in [0.2, 0.25) is 0 Å². The van der Waals surface area contributed by atoms with E-state index in [2.05, 4.69) is 25.7 Å². The SMILES string of the molecule is CCC(CC)CN(CC)Cc1ccc(F)cc1C(=N)N. The Labute approximate surface area is 121 Å². The highest BCUT2D eigenvalue weighted by Crippen LogP contribution is 2.16. The molecule has 0 aliphatic rings. The van der Waals surface area contributed by atoms with Crippen molar-refractivity contribution < 1.29 is 4.39 Å². The second-order valence-corrected chi connectivity index (χ2v) is 5.23. The number of amidine groups is 1. The lowest BCUT2D eigenvalue weighted by atomic mass is 10.0. The van der Waals surface area contributed by atoms with Crippen LogP contribution in [-0.4, -0.2) is 23.8 Å². The van der Waals surface area contributed by atoms with Gasteiger partial charge in [0.1, 0.15) is 11.7 Å². The van der Waals surface area contributed by atoms with Crippen LogP contribution in [0.4, 0.5) is 4.39 Å². The smallest absolute Gasteiger partial charge is 0.123 e. The van der Waals surface area contributed by atoms with Gasteiger partial charge in [-0.3, -0.25) is 10.3 Å². The normalized spacial score (nSPS) is 11.3. The van der Waals surface area contributed by atoms with Crippen molar-refractivity contribution in [1.82, 2.24) is 4.90 Å². The molecule has 0 radical (unpaired) electrons. The highest BCUT2D eigenvalue weighted by Gasteiger charge is 2.14. The van der Waals surface area contributed by atoms with Crippen molar-refractivity contribution in [2.45, 2.75) is 40.2 Å². The quantitative estimate of drug-likeness (QED) is 0.566. The van der Waals surface area contributed by atoms with Gasteiger partial charge in [-0.25, -0.2) is 4.39 Å². The Kier molecular flexibility index (Phi) is 6.65. The molecule has 0 aliphatic carbocycles. The summed E-state index contributed by atoms with van der Waals surface area (Å²) in [5.41, 5.74) is 6.98. The summed E-state index contributed by atoms with van der Waals surface area (Å²) in [6.45, 7) is 9.22. The molecule has 20 heavy (non-hydrogen) atoms. The zero-order chi connectivity index (χ0) is 15.1. The lowest BCUT2D eigenvalue weighted by Gasteiger charge is -2.26. The van der Waals surface area contributed by atoms with Crippen LogP contribution in [0.1, 0.15) is 44.7 Å². The Morgan fingerprint density at radius 3 is 2.45 bits per heavy atom. The van der Waals surface area contributed by atoms with E-state index in [-0.39, 0.29) is 11.7 Å². The Morgan fingerprint density at radius 2 is 1.95 bits per heavy atom. The molecule has 1 rings (SSSR count). The topological polar surface area (TPSA) is 53.1 Å². The minimum absolute atomic E-state index is 0.0712. The number of rotatable bonds is 8. The minimum atomic E-state index is -0.345. The van der Waals surface area contributed by atoms with Crippen molar-refractivity contribution in [3.63, 3.8) is 0 Å². The molecule has 0 saturated heterocycles. The molecule has 0 saturated carbocycles. The summed E-state index contributed by atoms with van der Waals surface area (Å²) in [5, 5.41) is 7.58. The van der Waals surface area contributed by atoms with Crippen molar-refractivity contribution in [2.24, 2.45) is 11.7 Å². The molecule has 0 unspecified atom stereocenters. The van der Waals surface area contributed by atoms with Gasteiger partial charge in [0.15, 0.2) is 0 Å². The van der Waals surface area contributed by atoms with E-state index in [0.29, 0.717) is 18.0 Å². The van der Waals surface area contributed by atoms with E-state index in [1.807, 2.05) is 0 Å². The number of benzene rings is 1. The van der Waals surface area contributed by atoms with Crippen molar-refractivity contribution in [3.8, 4) is 0 Å². The van der Waals surface area contributed by atoms with E-state index in [4.69, 9.17) is 11.1 Å². The van der Waals surface area contributed by atoms with E-state index >= 15 is 0 Å². The first-order chi connectivity index (χ1) is 9.51. The molecular weight excluding hydrogens is 253 g/mol. The second kappa shape index (κ2) is 8.00. The van der Waals surface area contributed by atoms with Crippen molar-refractivity contribution in [3.05, 3.63) is 35.1 Å². The van der Waals surface area contributed by atoms with Crippen molar-refractivity contribution in [1.29, 1.82) is 5.41 Å². The molecule has 0 aromatic heterocycles. The molecule has 0 aliphatic heterocycles. The van der Waals surface area contributed by atoms with E-state index in [1.165, 1.54) is 12.1 Å². The van der Waals surface area contributed by atoms with Gasteiger partial charge in [-0.15, -0.1) is 0 Å². The summed E-state index contributed by atoms with van der Waals surface area (Å²) in [4.78, 5) is 2.33. The summed E-state index contributed by atoms with van der Waals surface area (Å²) in [5.74, 6) is 0.260. The number of nitrogens with one attached hydrogen (secondary N) is 1. The molecule has 0 amide bonds. The summed E-state index contributed by atoms with van der Waals surface area (Å²) in [6, 6.07) is 4.52. The molecule has 0 spiro atoms. The van der Waals surface area contributed by atoms with Crippen molar-refractivity contribution >= 4 is 5.84 Å². The van der Waals surface area contributed by atoms with Crippen LogP contribution in [0, 0.1) is 17.1 Å². The van der Waals surface area contributed by atoms with E-state index < -0.39 is 0 Å². The first-order valence-electron chi connectivity index (χ1n) is 7.36. The third kappa shape index (κ3) is 4.60. The Hall–Kier alpha value is -1.42. The fourth-order valence-corrected chi connectivity index (χ4v) is 2.40. The van der Waals surface area contributed by atoms with Crippen LogP contribution in [0.15, 0.2) is 18.2 Å². The second-order valence-electron chi connectivity index (χ2n) is 5.23. The highest BCUT2D eigenvalue weighted by atomic mass is 19.1. The first-order valence-corrected chi connectivity index (χ1v) is 7.36. The molecule has 3 N–H and O–H groups in total. The maximum absolute atomic E-state index is 13.3. The lowest BCUT2D eigenvalue weighted by Crippen LogP contribution is -2.30. The number of nitrogens with two attached hydrogens (primary N) is 1. The van der Waals surface area contributed by atoms with Gasteiger partial charge in [0, 0.05) is 18.7 Å². The van der Waals surface area contributed by atoms with Crippen LogP contribution >= 0.6 is 0 Å². The fourth-order valence-electron chi connectivity index (χ4n) is 2.40. The summed E-state index contributed by atoms with van der Waals surface area (Å²) in [7, 11) is 0. The maximum Gasteiger partial charge on any atom is 0.123 e. The van der Waals surface area contributed by atoms with Crippen LogP contribution in [-0.2, 0) is 6.54 Å². The van der Waals surface area contributed by atoms with Gasteiger partial charge >= 0.3 is 0 Å². The van der Waals surface area contributed by atoms with E-state index in [1.54, 1.807) is 6.07 Å². The zero-order valence-corrected chi connectivity index (χ0v) is 12.7. The Balaban J connectivity index is 2.87. The molecule has 3 nitrogen and oxygen atoms in total. The van der Waals surface area contributed by atoms with Crippen LogP contribution < -0.4 is 5.73 Å². The van der Waals surface area contributed by atoms with Crippen LogP contribution in [0.25, 0.3) is 0 Å². The maximum atomic E-state index is 13.3. The lowest BCUT2D eigenvalue weighted by molar-refractivity contribution is 0.226. The zero-order valence-electron chi connectivity index (χ0n) is 12.7. The average Bonchev–Trinajstić information content (AvgIpc) is 2.44. The van der Waals surface area contributed by atoms with Gasteiger partial charge in [0.05, 0.1) is 0 Å². The Bertz CT molecular complexity index is 441. The van der Waals surface area contributed by atoms with Crippen LogP contribution in [0.5, 0.6) is 0 Å². The van der Waals surface area contributed by atoms with Crippen LogP contribution in [0.3, 0.4) is 0 Å². The minimum Gasteiger partial charge on any atom is -0.384 e. The number of nitrogens with zero attached hydrogens (tertiary/aromatic N) is 1. The van der Waals surface area contributed by atoms with E-state index in [9.17, 15) is 4.39 Å². The third-order valence-electron chi connectivity index (χ3n) is 3.87. The molecule has 1 aromatic rings. The third-order valence-corrected chi connectivity index (χ3v) is 3.87. The van der Waals surface area contributed by atoms with Gasteiger partial charge < -0.3 is 5.73 Å². The predicted octanol–water partition coefficient (Wildman–Crippen LogP) is 3.37. The van der Waals surface area contributed by atoms with Crippen LogP contribution in [0.2, 0.25) is 0 Å². The first kappa shape index (κ1) is 16.6. The molecule has 4 heteroatoms. The van der Waals surface area contributed by atoms with Gasteiger partial charge in [-0.1, -0.05) is 39.7 Å². The summed E-state index contributed by atoms with van der Waals surface area (Å²) < 4.78 is 13.3. The fraction of sp³-hybridized carbons (Fsp3) is 0.562. The van der Waals surface area contributed by atoms with Gasteiger partial charge in [-0.2, -0.15) is 0 Å². The molecule has 0 bridgehead atoms. The van der Waals surface area contributed by atoms with Gasteiger partial charge in [0.25, 0.3) is 0 Å². The molecule has 0 heterocycles. The monoisotopic (exact) mass is 279 g/mol.